The summed E-state index contributed by atoms with van der Waals surface area (Å²) >= 11 is 0. The zero-order chi connectivity index (χ0) is 14.5. The summed E-state index contributed by atoms with van der Waals surface area (Å²) in [6, 6.07) is 2.36. The lowest BCUT2D eigenvalue weighted by molar-refractivity contribution is 0.239. The molecule has 0 radical (unpaired) electrons. The monoisotopic (exact) mass is 274 g/mol. The number of aliphatic hydroxyl groups is 1. The molecule has 0 saturated carbocycles. The van der Waals surface area contributed by atoms with Crippen LogP contribution in [0, 0.1) is 11.3 Å². The number of rotatable bonds is 4. The highest BCUT2D eigenvalue weighted by Gasteiger charge is 2.27. The predicted molar refractivity (Wildman–Crippen MR) is 77.6 cm³/mol. The van der Waals surface area contributed by atoms with E-state index in [1.165, 1.54) is 0 Å². The molecule has 0 aliphatic carbocycles. The summed E-state index contributed by atoms with van der Waals surface area (Å²) in [5.41, 5.74) is 2.55. The minimum atomic E-state index is 0.0577. The van der Waals surface area contributed by atoms with E-state index in [-0.39, 0.29) is 12.6 Å². The van der Waals surface area contributed by atoms with E-state index in [0.29, 0.717) is 11.4 Å². The molecule has 0 aromatic carbocycles. The summed E-state index contributed by atoms with van der Waals surface area (Å²) in [6.07, 6.45) is 4.70. The number of aryl methyl sites for hydroxylation is 1. The lowest BCUT2D eigenvalue weighted by Gasteiger charge is -2.36. The third-order valence-electron chi connectivity index (χ3n) is 4.05. The fourth-order valence-electron chi connectivity index (χ4n) is 2.95. The van der Waals surface area contributed by atoms with Gasteiger partial charge in [0.2, 0.25) is 0 Å². The molecule has 1 unspecified atom stereocenters. The molecule has 0 amide bonds. The Kier molecular flexibility index (Phi) is 4.91. The van der Waals surface area contributed by atoms with Crippen molar-refractivity contribution >= 4 is 5.82 Å². The van der Waals surface area contributed by atoms with Crippen molar-refractivity contribution in [3.63, 3.8) is 0 Å². The average molecular weight is 274 g/mol. The van der Waals surface area contributed by atoms with Gasteiger partial charge in [0.15, 0.2) is 5.82 Å². The van der Waals surface area contributed by atoms with Gasteiger partial charge in [-0.25, -0.2) is 0 Å². The molecule has 5 nitrogen and oxygen atoms in total. The number of nitriles is 1. The van der Waals surface area contributed by atoms with Crippen molar-refractivity contribution in [2.45, 2.75) is 52.0 Å². The van der Waals surface area contributed by atoms with Crippen LogP contribution in [-0.4, -0.2) is 34.5 Å². The third-order valence-corrected chi connectivity index (χ3v) is 4.05. The standard InChI is InChI=1S/C15H22N4O/c1-3-12-13(9-16)15(18-17-14(12)4-2)19-8-6-5-7-11(19)10-20/h11,20H,3-8,10H2,1-2H3. The molecular weight excluding hydrogens is 252 g/mol. The molecule has 0 bridgehead atoms. The van der Waals surface area contributed by atoms with E-state index < -0.39 is 0 Å². The first-order valence-electron chi connectivity index (χ1n) is 7.42. The highest BCUT2D eigenvalue weighted by Crippen LogP contribution is 2.28. The van der Waals surface area contributed by atoms with Crippen LogP contribution in [0.4, 0.5) is 5.82 Å². The third kappa shape index (κ3) is 2.61. The van der Waals surface area contributed by atoms with E-state index in [1.54, 1.807) is 0 Å². The quantitative estimate of drug-likeness (QED) is 0.906. The second-order valence-corrected chi connectivity index (χ2v) is 5.17. The molecule has 20 heavy (non-hydrogen) atoms. The van der Waals surface area contributed by atoms with Gasteiger partial charge in [-0.2, -0.15) is 10.4 Å². The smallest absolute Gasteiger partial charge is 0.169 e. The van der Waals surface area contributed by atoms with Crippen molar-refractivity contribution in [1.29, 1.82) is 5.26 Å². The Morgan fingerprint density at radius 2 is 2.10 bits per heavy atom. The molecule has 108 valence electrons. The number of hydrogen-bond acceptors (Lipinski definition) is 5. The minimum absolute atomic E-state index is 0.0577. The van der Waals surface area contributed by atoms with Gasteiger partial charge < -0.3 is 10.0 Å². The molecule has 1 aliphatic heterocycles. The van der Waals surface area contributed by atoms with Crippen LogP contribution < -0.4 is 4.90 Å². The number of anilines is 1. The molecule has 1 aromatic rings. The number of aliphatic hydroxyl groups excluding tert-OH is 1. The summed E-state index contributed by atoms with van der Waals surface area (Å²) in [6.45, 7) is 5.01. The lowest BCUT2D eigenvalue weighted by Crippen LogP contribution is -2.43. The van der Waals surface area contributed by atoms with E-state index in [0.717, 1.165) is 49.9 Å². The normalized spacial score (nSPS) is 18.9. The zero-order valence-electron chi connectivity index (χ0n) is 12.3. The van der Waals surface area contributed by atoms with Gasteiger partial charge in [-0.05, 0) is 37.7 Å². The van der Waals surface area contributed by atoms with Crippen LogP contribution in [0.3, 0.4) is 0 Å². The van der Waals surface area contributed by atoms with Gasteiger partial charge in [0.1, 0.15) is 11.6 Å². The van der Waals surface area contributed by atoms with Crippen molar-refractivity contribution in [2.24, 2.45) is 0 Å². The lowest BCUT2D eigenvalue weighted by atomic mass is 9.99. The molecule has 1 fully saturated rings. The first-order valence-corrected chi connectivity index (χ1v) is 7.42. The molecule has 1 atom stereocenters. The molecular formula is C15H22N4O. The van der Waals surface area contributed by atoms with E-state index >= 15 is 0 Å². The summed E-state index contributed by atoms with van der Waals surface area (Å²) in [5.74, 6) is 0.653. The maximum absolute atomic E-state index is 9.54. The van der Waals surface area contributed by atoms with Crippen molar-refractivity contribution < 1.29 is 5.11 Å². The molecule has 1 saturated heterocycles. The predicted octanol–water partition coefficient (Wildman–Crippen LogP) is 1.82. The maximum atomic E-state index is 9.54. The molecule has 5 heteroatoms. The van der Waals surface area contributed by atoms with Crippen molar-refractivity contribution in [1.82, 2.24) is 10.2 Å². The van der Waals surface area contributed by atoms with Gasteiger partial charge in [-0.3, -0.25) is 0 Å². The first kappa shape index (κ1) is 14.7. The van der Waals surface area contributed by atoms with Crippen molar-refractivity contribution in [2.75, 3.05) is 18.1 Å². The van der Waals surface area contributed by atoms with Crippen LogP contribution in [-0.2, 0) is 12.8 Å². The topological polar surface area (TPSA) is 73.0 Å². The van der Waals surface area contributed by atoms with Gasteiger partial charge in [0.05, 0.1) is 18.3 Å². The maximum Gasteiger partial charge on any atom is 0.169 e. The molecule has 1 aromatic heterocycles. The van der Waals surface area contributed by atoms with Crippen LogP contribution in [0.15, 0.2) is 0 Å². The number of nitrogens with zero attached hydrogens (tertiary/aromatic N) is 4. The molecule has 1 aliphatic rings. The Labute approximate surface area is 120 Å². The summed E-state index contributed by atoms with van der Waals surface area (Å²) in [4.78, 5) is 2.06. The average Bonchev–Trinajstić information content (AvgIpc) is 2.53. The number of aromatic nitrogens is 2. The largest absolute Gasteiger partial charge is 0.394 e. The van der Waals surface area contributed by atoms with Gasteiger partial charge >= 0.3 is 0 Å². The highest BCUT2D eigenvalue weighted by atomic mass is 16.3. The van der Waals surface area contributed by atoms with Gasteiger partial charge in [-0.15, -0.1) is 5.10 Å². The van der Waals surface area contributed by atoms with Gasteiger partial charge in [0, 0.05) is 6.54 Å². The van der Waals surface area contributed by atoms with Gasteiger partial charge in [-0.1, -0.05) is 13.8 Å². The van der Waals surface area contributed by atoms with Crippen molar-refractivity contribution in [3.05, 3.63) is 16.8 Å². The Bertz CT molecular complexity index is 509. The van der Waals surface area contributed by atoms with Crippen LogP contribution in [0.1, 0.15) is 49.9 Å². The molecule has 2 heterocycles. The molecule has 0 spiro atoms. The van der Waals surface area contributed by atoms with E-state index in [4.69, 9.17) is 0 Å². The van der Waals surface area contributed by atoms with E-state index in [2.05, 4.69) is 21.2 Å². The Balaban J connectivity index is 2.48. The second kappa shape index (κ2) is 6.67. The summed E-state index contributed by atoms with van der Waals surface area (Å²) in [7, 11) is 0. The van der Waals surface area contributed by atoms with E-state index in [9.17, 15) is 10.4 Å². The Hall–Kier alpha value is -1.67. The Morgan fingerprint density at radius 1 is 1.30 bits per heavy atom. The Morgan fingerprint density at radius 3 is 2.70 bits per heavy atom. The fraction of sp³-hybridized carbons (Fsp3) is 0.667. The van der Waals surface area contributed by atoms with Crippen LogP contribution in [0.25, 0.3) is 0 Å². The summed E-state index contributed by atoms with van der Waals surface area (Å²) in [5, 5.41) is 27.7. The first-order chi connectivity index (χ1) is 9.76. The molecule has 2 rings (SSSR count). The number of hydrogen-bond donors (Lipinski definition) is 1. The fourth-order valence-corrected chi connectivity index (χ4v) is 2.95. The van der Waals surface area contributed by atoms with E-state index in [1.807, 2.05) is 13.8 Å². The number of piperidine rings is 1. The second-order valence-electron chi connectivity index (χ2n) is 5.17. The van der Waals surface area contributed by atoms with Gasteiger partial charge in [0.25, 0.3) is 0 Å². The van der Waals surface area contributed by atoms with Crippen LogP contribution >= 0.6 is 0 Å². The van der Waals surface area contributed by atoms with Crippen LogP contribution in [0.2, 0.25) is 0 Å². The highest BCUT2D eigenvalue weighted by molar-refractivity contribution is 5.58. The summed E-state index contributed by atoms with van der Waals surface area (Å²) < 4.78 is 0. The minimum Gasteiger partial charge on any atom is -0.394 e. The SMILES string of the molecule is CCc1nnc(N2CCCCC2CO)c(C#N)c1CC. The molecule has 1 N–H and O–H groups in total. The zero-order valence-corrected chi connectivity index (χ0v) is 12.3. The van der Waals surface area contributed by atoms with Crippen molar-refractivity contribution in [3.8, 4) is 6.07 Å². The van der Waals surface area contributed by atoms with Crippen LogP contribution in [0.5, 0.6) is 0 Å².